The van der Waals surface area contributed by atoms with E-state index < -0.39 is 35.4 Å². The predicted octanol–water partition coefficient (Wildman–Crippen LogP) is 5.94. The van der Waals surface area contributed by atoms with Crippen LogP contribution in [0, 0.1) is 17.3 Å². The first kappa shape index (κ1) is 46.5. The second-order valence-electron chi connectivity index (χ2n) is 18.9. The van der Waals surface area contributed by atoms with Gasteiger partial charge in [0.2, 0.25) is 5.91 Å². The van der Waals surface area contributed by atoms with Crippen LogP contribution < -0.4 is 10.7 Å². The predicted molar refractivity (Wildman–Crippen MR) is 244 cm³/mol. The topological polar surface area (TPSA) is 168 Å². The van der Waals surface area contributed by atoms with E-state index >= 15 is 0 Å². The van der Waals surface area contributed by atoms with E-state index in [1.807, 2.05) is 50.2 Å². The maximum absolute atomic E-state index is 14.7. The summed E-state index contributed by atoms with van der Waals surface area (Å²) in [5.74, 6) is -1.09. The number of rotatable bonds is 10. The average Bonchev–Trinajstić information content (AvgIpc) is 3.86. The number of phenolic OH excluding ortho intramolecular Hbond substituents is 1. The van der Waals surface area contributed by atoms with Gasteiger partial charge in [0.1, 0.15) is 17.8 Å². The number of esters is 1. The lowest BCUT2D eigenvalue weighted by Crippen LogP contribution is -2.62. The van der Waals surface area contributed by atoms with E-state index in [2.05, 4.69) is 53.2 Å². The summed E-state index contributed by atoms with van der Waals surface area (Å²) in [5.41, 5.74) is 10.0. The smallest absolute Gasteiger partial charge is 0.409 e. The molecule has 0 radical (unpaired) electrons. The third-order valence-electron chi connectivity index (χ3n) is 13.0. The highest BCUT2D eigenvalue weighted by Gasteiger charge is 2.38. The molecular formula is C49H65N7O8. The molecule has 3 N–H and O–H groups in total. The molecule has 0 spiro atoms. The van der Waals surface area contributed by atoms with Gasteiger partial charge in [-0.25, -0.2) is 10.2 Å². The minimum Gasteiger partial charge on any atom is -0.508 e. The average molecular weight is 880 g/mol. The van der Waals surface area contributed by atoms with Gasteiger partial charge in [0, 0.05) is 80.5 Å². The van der Waals surface area contributed by atoms with Crippen molar-refractivity contribution in [1.82, 2.24) is 35.1 Å². The highest BCUT2D eigenvalue weighted by Crippen LogP contribution is 2.41. The number of methoxy groups -OCH3 is 2. The van der Waals surface area contributed by atoms with Crippen LogP contribution in [0.25, 0.3) is 33.3 Å². The second kappa shape index (κ2) is 19.7. The molecular weight excluding hydrogens is 815 g/mol. The van der Waals surface area contributed by atoms with Gasteiger partial charge in [0.15, 0.2) is 0 Å². The molecule has 7 rings (SSSR count). The summed E-state index contributed by atoms with van der Waals surface area (Å²) in [7, 11) is 4.96. The van der Waals surface area contributed by atoms with Gasteiger partial charge in [-0.3, -0.25) is 29.3 Å². The number of hydrogen-bond acceptors (Lipinski definition) is 11. The maximum atomic E-state index is 14.7. The third kappa shape index (κ3) is 10.1. The summed E-state index contributed by atoms with van der Waals surface area (Å²) in [6, 6.07) is 11.2. The molecule has 5 heterocycles. The maximum Gasteiger partial charge on any atom is 0.409 e. The number of cyclic esters (lactones) is 1. The van der Waals surface area contributed by atoms with Crippen LogP contribution >= 0.6 is 0 Å². The van der Waals surface area contributed by atoms with E-state index in [0.717, 1.165) is 50.8 Å². The summed E-state index contributed by atoms with van der Waals surface area (Å²) in [4.78, 5) is 63.5. The summed E-state index contributed by atoms with van der Waals surface area (Å²) in [6.45, 7) is 13.5. The van der Waals surface area contributed by atoms with Crippen LogP contribution in [-0.4, -0.2) is 126 Å². The summed E-state index contributed by atoms with van der Waals surface area (Å²) >= 11 is 0. The lowest BCUT2D eigenvalue weighted by atomic mass is 9.84. The second-order valence-corrected chi connectivity index (χ2v) is 18.9. The quantitative estimate of drug-likeness (QED) is 0.162. The number of hydrazine groups is 1. The van der Waals surface area contributed by atoms with Crippen LogP contribution in [0.1, 0.15) is 70.6 Å². The molecule has 2 saturated heterocycles. The van der Waals surface area contributed by atoms with Crippen LogP contribution in [0.3, 0.4) is 0 Å². The SMILES string of the molecule is CCn1c(-c2cnccc2COC)c2c3cc(ccc31)-c1cc(O)cc(c1)C[C@H](NC(=O)[C@H](C(C)C)N(C)C[C@H]1CCN(C(=O)OC)C1)C(=O)N1CCC[C@H](N1)C(=O)OCC(C)(C)C2. The monoisotopic (exact) mass is 879 g/mol. The first-order chi connectivity index (χ1) is 30.6. The number of aromatic nitrogens is 2. The number of pyridine rings is 1. The summed E-state index contributed by atoms with van der Waals surface area (Å²) in [6.07, 6.45) is 5.76. The van der Waals surface area contributed by atoms with Crippen LogP contribution in [-0.2, 0) is 54.6 Å². The first-order valence-electron chi connectivity index (χ1n) is 22.6. The number of carbonyl (C=O) groups excluding carboxylic acids is 4. The van der Waals surface area contributed by atoms with E-state index in [1.165, 1.54) is 12.1 Å². The Bertz CT molecular complexity index is 2360. The molecule has 3 aliphatic rings. The molecule has 0 aliphatic carbocycles. The van der Waals surface area contributed by atoms with E-state index in [4.69, 9.17) is 14.2 Å². The molecule has 3 amide bonds. The Morgan fingerprint density at radius 1 is 1.08 bits per heavy atom. The Labute approximate surface area is 376 Å². The summed E-state index contributed by atoms with van der Waals surface area (Å²) in [5, 5.41) is 16.9. The molecule has 0 unspecified atom stereocenters. The van der Waals surface area contributed by atoms with E-state index in [0.29, 0.717) is 64.2 Å². The minimum absolute atomic E-state index is 0.0310. The van der Waals surface area contributed by atoms with Gasteiger partial charge in [-0.05, 0) is 110 Å². The first-order valence-corrected chi connectivity index (χ1v) is 22.6. The number of nitrogens with zero attached hydrogens (tertiary/aromatic N) is 5. The number of fused-ring (bicyclic) bond motifs is 6. The number of ether oxygens (including phenoxy) is 3. The molecule has 0 saturated carbocycles. The number of likely N-dealkylation sites (tertiary alicyclic amines) is 1. The zero-order valence-corrected chi connectivity index (χ0v) is 38.6. The molecule has 15 nitrogen and oxygen atoms in total. The van der Waals surface area contributed by atoms with Crippen LogP contribution in [0.2, 0.25) is 0 Å². The largest absolute Gasteiger partial charge is 0.508 e. The van der Waals surface area contributed by atoms with Crippen molar-refractivity contribution in [3.05, 3.63) is 71.5 Å². The van der Waals surface area contributed by atoms with Gasteiger partial charge >= 0.3 is 12.1 Å². The highest BCUT2D eigenvalue weighted by atomic mass is 16.5. The Balaban J connectivity index is 1.29. The fourth-order valence-electron chi connectivity index (χ4n) is 10.00. The zero-order valence-electron chi connectivity index (χ0n) is 38.6. The molecule has 64 heavy (non-hydrogen) atoms. The summed E-state index contributed by atoms with van der Waals surface area (Å²) < 4.78 is 19.0. The minimum atomic E-state index is -1.05. The van der Waals surface area contributed by atoms with Gasteiger partial charge < -0.3 is 34.1 Å². The fourth-order valence-corrected chi connectivity index (χ4v) is 10.00. The Hall–Kier alpha value is -5.51. The Morgan fingerprint density at radius 3 is 2.61 bits per heavy atom. The van der Waals surface area contributed by atoms with Crippen molar-refractivity contribution in [2.45, 2.75) is 98.0 Å². The lowest BCUT2D eigenvalue weighted by molar-refractivity contribution is -0.155. The van der Waals surface area contributed by atoms with E-state index in [1.54, 1.807) is 30.3 Å². The van der Waals surface area contributed by atoms with Crippen LogP contribution in [0.15, 0.2) is 54.9 Å². The Morgan fingerprint density at radius 2 is 1.88 bits per heavy atom. The number of nitrogens with one attached hydrogen (secondary N) is 2. The molecule has 3 aliphatic heterocycles. The van der Waals surface area contributed by atoms with Gasteiger partial charge in [0.25, 0.3) is 5.91 Å². The standard InChI is InChI=1S/C49H65N7O8/c1-9-55-42-13-12-33-23-37(42)38(44(55)39-25-50-16-14-34(39)28-62-7)24-49(4,5)29-64-47(60)40-11-10-17-56(52-40)46(59)41(21-32-19-35(33)22-36(57)20-32)51-45(58)43(30(2)3)53(6)26-31-15-18-54(27-31)48(61)63-8/h12-14,16,19-20,22-23,25,30-31,40-41,43,52,57H,9-11,15,17-18,21,24,26-29H2,1-8H3,(H,51,58)/t31-,40+,41+,43+/m1/s1. The fraction of sp³-hybridized carbons (Fsp3) is 0.531. The normalized spacial score (nSPS) is 20.9. The van der Waals surface area contributed by atoms with Crippen molar-refractivity contribution in [2.75, 3.05) is 54.1 Å². The molecule has 6 bridgehead atoms. The van der Waals surface area contributed by atoms with Crippen molar-refractivity contribution < 1.29 is 38.5 Å². The number of amides is 3. The van der Waals surface area contributed by atoms with E-state index in [9.17, 15) is 24.3 Å². The number of carbonyl (C=O) groups is 4. The zero-order chi connectivity index (χ0) is 45.9. The third-order valence-corrected chi connectivity index (χ3v) is 13.0. The highest BCUT2D eigenvalue weighted by molar-refractivity contribution is 5.95. The van der Waals surface area contributed by atoms with Crippen LogP contribution in [0.4, 0.5) is 4.79 Å². The number of phenols is 1. The number of benzene rings is 2. The van der Waals surface area contributed by atoms with Gasteiger partial charge in [-0.15, -0.1) is 0 Å². The van der Waals surface area contributed by atoms with Crippen molar-refractivity contribution in [1.29, 1.82) is 0 Å². The van der Waals surface area contributed by atoms with Crippen molar-refractivity contribution >= 4 is 34.8 Å². The van der Waals surface area contributed by atoms with Crippen molar-refractivity contribution in [2.24, 2.45) is 17.3 Å². The molecule has 2 fully saturated rings. The van der Waals surface area contributed by atoms with Gasteiger partial charge in [-0.1, -0.05) is 39.8 Å². The van der Waals surface area contributed by atoms with Crippen molar-refractivity contribution in [3.8, 4) is 28.1 Å². The Kier molecular flexibility index (Phi) is 14.3. The van der Waals surface area contributed by atoms with E-state index in [-0.39, 0.29) is 42.6 Å². The molecule has 15 heteroatoms. The number of aryl methyl sites for hydroxylation is 1. The van der Waals surface area contributed by atoms with Crippen molar-refractivity contribution in [3.63, 3.8) is 0 Å². The van der Waals surface area contributed by atoms with Crippen LogP contribution in [0.5, 0.6) is 5.75 Å². The molecule has 2 aromatic carbocycles. The van der Waals surface area contributed by atoms with Gasteiger partial charge in [0.05, 0.1) is 32.1 Å². The molecule has 344 valence electrons. The number of aromatic hydroxyl groups is 1. The lowest BCUT2D eigenvalue weighted by Gasteiger charge is -2.37. The number of hydrogen-bond donors (Lipinski definition) is 3. The molecule has 4 atom stereocenters. The molecule has 4 aromatic rings. The molecule has 2 aromatic heterocycles. The number of likely N-dealkylation sites (N-methyl/N-ethyl adjacent to an activating group) is 1. The van der Waals surface area contributed by atoms with Gasteiger partial charge in [-0.2, -0.15) is 0 Å².